The lowest BCUT2D eigenvalue weighted by molar-refractivity contribution is -0.141. The van der Waals surface area contributed by atoms with Gasteiger partial charge in [-0.1, -0.05) is 53.7 Å². The Labute approximate surface area is 205 Å². The number of aryl methyl sites for hydroxylation is 1. The van der Waals surface area contributed by atoms with Crippen molar-refractivity contribution in [2.45, 2.75) is 20.1 Å². The molecule has 0 aliphatic rings. The van der Waals surface area contributed by atoms with Gasteiger partial charge in [-0.3, -0.25) is 9.69 Å². The van der Waals surface area contributed by atoms with Gasteiger partial charge in [0.25, 0.3) is 5.89 Å². The van der Waals surface area contributed by atoms with Crippen LogP contribution in [-0.2, 0) is 27.4 Å². The Hall–Kier alpha value is -3.81. The van der Waals surface area contributed by atoms with Crippen molar-refractivity contribution in [2.75, 3.05) is 27.8 Å². The largest absolute Gasteiger partial charge is 0.468 e. The average Bonchev–Trinajstić information content (AvgIpc) is 3.35. The zero-order chi connectivity index (χ0) is 24.8. The summed E-state index contributed by atoms with van der Waals surface area (Å²) in [7, 11) is 4.95. The van der Waals surface area contributed by atoms with Gasteiger partial charge >= 0.3 is 5.97 Å². The van der Waals surface area contributed by atoms with Crippen LogP contribution in [0.5, 0.6) is 0 Å². The molecule has 35 heavy (non-hydrogen) atoms. The summed E-state index contributed by atoms with van der Waals surface area (Å²) >= 11 is 0. The van der Waals surface area contributed by atoms with Crippen LogP contribution in [0.25, 0.3) is 34.0 Å². The van der Waals surface area contributed by atoms with Crippen LogP contribution in [-0.4, -0.2) is 48.8 Å². The number of esters is 1. The van der Waals surface area contributed by atoms with E-state index in [9.17, 15) is 4.79 Å². The molecule has 0 N–H and O–H groups in total. The second kappa shape index (κ2) is 11.1. The van der Waals surface area contributed by atoms with Gasteiger partial charge in [0, 0.05) is 24.8 Å². The van der Waals surface area contributed by atoms with E-state index in [1.54, 1.807) is 7.11 Å². The molecule has 4 rings (SSSR count). The SMILES string of the molecule is COCc1cc(-c2nc(-c3cccc(CN(C)CC(=O)OC)c3)no2)ccc1-c1ccccc1C. The Balaban J connectivity index is 1.58. The highest BCUT2D eigenvalue weighted by Crippen LogP contribution is 2.31. The third-order valence-electron chi connectivity index (χ3n) is 5.78. The van der Waals surface area contributed by atoms with Gasteiger partial charge in [0.15, 0.2) is 0 Å². The smallest absolute Gasteiger partial charge is 0.319 e. The van der Waals surface area contributed by atoms with Crippen LogP contribution in [0.15, 0.2) is 71.3 Å². The number of rotatable bonds is 9. The molecule has 0 saturated carbocycles. The summed E-state index contributed by atoms with van der Waals surface area (Å²) in [6.45, 7) is 3.38. The molecule has 0 atom stereocenters. The van der Waals surface area contributed by atoms with E-state index in [1.165, 1.54) is 18.2 Å². The van der Waals surface area contributed by atoms with Crippen LogP contribution in [0.4, 0.5) is 0 Å². The van der Waals surface area contributed by atoms with Gasteiger partial charge in [-0.05, 0) is 60.0 Å². The van der Waals surface area contributed by atoms with Crippen molar-refractivity contribution in [1.29, 1.82) is 0 Å². The van der Waals surface area contributed by atoms with Gasteiger partial charge < -0.3 is 14.0 Å². The minimum atomic E-state index is -0.271. The number of benzene rings is 3. The molecule has 0 aliphatic heterocycles. The molecule has 7 heteroatoms. The third-order valence-corrected chi connectivity index (χ3v) is 5.78. The molecule has 1 heterocycles. The lowest BCUT2D eigenvalue weighted by Crippen LogP contribution is -2.26. The predicted molar refractivity (Wildman–Crippen MR) is 134 cm³/mol. The summed E-state index contributed by atoms with van der Waals surface area (Å²) < 4.78 is 15.8. The fourth-order valence-corrected chi connectivity index (χ4v) is 4.06. The first-order chi connectivity index (χ1) is 17.0. The Bertz CT molecular complexity index is 1320. The van der Waals surface area contributed by atoms with Gasteiger partial charge in [-0.2, -0.15) is 4.98 Å². The van der Waals surface area contributed by atoms with E-state index in [0.29, 0.717) is 24.9 Å². The first-order valence-electron chi connectivity index (χ1n) is 11.3. The fraction of sp³-hybridized carbons (Fsp3) is 0.250. The van der Waals surface area contributed by atoms with E-state index >= 15 is 0 Å². The summed E-state index contributed by atoms with van der Waals surface area (Å²) in [5, 5.41) is 4.21. The number of hydrogen-bond donors (Lipinski definition) is 0. The second-order valence-electron chi connectivity index (χ2n) is 8.49. The molecule has 0 bridgehead atoms. The van der Waals surface area contributed by atoms with Crippen molar-refractivity contribution in [3.8, 4) is 34.0 Å². The molecule has 0 amide bonds. The molecule has 0 aliphatic carbocycles. The maximum atomic E-state index is 11.5. The Morgan fingerprint density at radius 1 is 0.971 bits per heavy atom. The van der Waals surface area contributed by atoms with Gasteiger partial charge in [0.1, 0.15) is 0 Å². The summed E-state index contributed by atoms with van der Waals surface area (Å²) in [5.74, 6) is 0.684. The van der Waals surface area contributed by atoms with Crippen LogP contribution >= 0.6 is 0 Å². The molecule has 180 valence electrons. The van der Waals surface area contributed by atoms with Crippen LogP contribution in [0.3, 0.4) is 0 Å². The number of methoxy groups -OCH3 is 2. The number of aromatic nitrogens is 2. The quantitative estimate of drug-likeness (QED) is 0.313. The highest BCUT2D eigenvalue weighted by molar-refractivity contribution is 5.74. The van der Waals surface area contributed by atoms with Crippen molar-refractivity contribution in [3.05, 3.63) is 83.4 Å². The molecule has 0 spiro atoms. The molecular weight excluding hydrogens is 442 g/mol. The number of carbonyl (C=O) groups excluding carboxylic acids is 1. The topological polar surface area (TPSA) is 77.7 Å². The molecular formula is C28H29N3O4. The summed E-state index contributed by atoms with van der Waals surface area (Å²) in [6, 6.07) is 22.3. The molecule has 7 nitrogen and oxygen atoms in total. The van der Waals surface area contributed by atoms with Crippen LogP contribution in [0.1, 0.15) is 16.7 Å². The minimum absolute atomic E-state index is 0.218. The van der Waals surface area contributed by atoms with Gasteiger partial charge in [-0.15, -0.1) is 0 Å². The molecule has 4 aromatic rings. The van der Waals surface area contributed by atoms with E-state index in [-0.39, 0.29) is 12.5 Å². The number of carbonyl (C=O) groups is 1. The highest BCUT2D eigenvalue weighted by atomic mass is 16.5. The maximum Gasteiger partial charge on any atom is 0.319 e. The molecule has 0 unspecified atom stereocenters. The normalized spacial score (nSPS) is 11.1. The number of hydrogen-bond acceptors (Lipinski definition) is 7. The second-order valence-corrected chi connectivity index (χ2v) is 8.49. The number of likely N-dealkylation sites (N-methyl/N-ethyl adjacent to an activating group) is 1. The van der Waals surface area contributed by atoms with Crippen LogP contribution in [0, 0.1) is 6.92 Å². The lowest BCUT2D eigenvalue weighted by atomic mass is 9.94. The predicted octanol–water partition coefficient (Wildman–Crippen LogP) is 5.13. The van der Waals surface area contributed by atoms with Crippen molar-refractivity contribution in [1.82, 2.24) is 15.0 Å². The van der Waals surface area contributed by atoms with Crippen molar-refractivity contribution in [2.24, 2.45) is 0 Å². The maximum absolute atomic E-state index is 11.5. The molecule has 3 aromatic carbocycles. The standard InChI is InChI=1S/C28H29N3O4/c1-19-8-5-6-11-24(19)25-13-12-22(15-23(25)18-33-3)28-29-27(30-35-28)21-10-7-9-20(14-21)16-31(2)17-26(32)34-4/h5-15H,16-18H2,1-4H3. The molecule has 0 radical (unpaired) electrons. The Morgan fingerprint density at radius 3 is 2.57 bits per heavy atom. The fourth-order valence-electron chi connectivity index (χ4n) is 4.06. The molecule has 1 aromatic heterocycles. The van der Waals surface area contributed by atoms with Gasteiger partial charge in [0.2, 0.25) is 5.82 Å². The zero-order valence-corrected chi connectivity index (χ0v) is 20.4. The van der Waals surface area contributed by atoms with Crippen LogP contribution < -0.4 is 0 Å². The van der Waals surface area contributed by atoms with Gasteiger partial charge in [0.05, 0.1) is 20.3 Å². The number of nitrogens with zero attached hydrogens (tertiary/aromatic N) is 3. The molecule has 0 saturated heterocycles. The van der Waals surface area contributed by atoms with Gasteiger partial charge in [-0.25, -0.2) is 0 Å². The summed E-state index contributed by atoms with van der Waals surface area (Å²) in [4.78, 5) is 18.1. The highest BCUT2D eigenvalue weighted by Gasteiger charge is 2.15. The van der Waals surface area contributed by atoms with E-state index < -0.39 is 0 Å². The lowest BCUT2D eigenvalue weighted by Gasteiger charge is -2.15. The Kier molecular flexibility index (Phi) is 7.70. The first kappa shape index (κ1) is 24.3. The number of ether oxygens (including phenoxy) is 2. The summed E-state index contributed by atoms with van der Waals surface area (Å²) in [6.07, 6.45) is 0. The van der Waals surface area contributed by atoms with E-state index in [0.717, 1.165) is 27.8 Å². The monoisotopic (exact) mass is 471 g/mol. The summed E-state index contributed by atoms with van der Waals surface area (Å²) in [5.41, 5.74) is 7.26. The van der Waals surface area contributed by atoms with E-state index in [2.05, 4.69) is 35.3 Å². The van der Waals surface area contributed by atoms with Crippen molar-refractivity contribution < 1.29 is 18.8 Å². The van der Waals surface area contributed by atoms with Crippen molar-refractivity contribution in [3.63, 3.8) is 0 Å². The minimum Gasteiger partial charge on any atom is -0.468 e. The van der Waals surface area contributed by atoms with E-state index in [4.69, 9.17) is 14.0 Å². The zero-order valence-electron chi connectivity index (χ0n) is 20.4. The third kappa shape index (κ3) is 5.82. The Morgan fingerprint density at radius 2 is 1.80 bits per heavy atom. The van der Waals surface area contributed by atoms with Crippen molar-refractivity contribution >= 4 is 5.97 Å². The first-order valence-corrected chi connectivity index (χ1v) is 11.3. The van der Waals surface area contributed by atoms with E-state index in [1.807, 2.05) is 60.5 Å². The average molecular weight is 472 g/mol. The molecule has 0 fully saturated rings. The van der Waals surface area contributed by atoms with Crippen LogP contribution in [0.2, 0.25) is 0 Å².